The number of rotatable bonds is 11. The lowest BCUT2D eigenvalue weighted by molar-refractivity contribution is -0.192. The minimum Gasteiger partial charge on any atom is -0.478 e. The monoisotopic (exact) mass is 658 g/mol. The molecule has 1 saturated heterocycles. The van der Waals surface area contributed by atoms with Crippen LogP contribution in [0.1, 0.15) is 67.6 Å². The summed E-state index contributed by atoms with van der Waals surface area (Å²) < 4.78 is 44.4. The van der Waals surface area contributed by atoms with Crippen molar-refractivity contribution in [3.05, 3.63) is 88.4 Å². The molecular weight excluding hydrogens is 620 g/mol. The van der Waals surface area contributed by atoms with Crippen molar-refractivity contribution in [2.24, 2.45) is 0 Å². The summed E-state index contributed by atoms with van der Waals surface area (Å²) in [6.45, 7) is 6.42. The molecule has 1 aliphatic rings. The van der Waals surface area contributed by atoms with Gasteiger partial charge in [-0.1, -0.05) is 35.9 Å². The number of benzene rings is 3. The standard InChI is InChI=1S/C33H39ClN2O8S/c1-33(2,3)44-32(39)36(21-29(23-7-6-8-24(34)19-23)43-30-9-4-5-18-42-30)17-16-22-10-12-25(13-11-22)45(40,41)26-14-15-28(35)27(20-26)31(37)38/h6-8,10-15,19-20,29-30H,4-5,9,16-18,21,35H2,1-3H3,(H,37,38)/t29-,30?/m0/s1. The zero-order valence-electron chi connectivity index (χ0n) is 25.6. The van der Waals surface area contributed by atoms with E-state index in [0.29, 0.717) is 18.1 Å². The van der Waals surface area contributed by atoms with Crippen molar-refractivity contribution in [1.29, 1.82) is 0 Å². The largest absolute Gasteiger partial charge is 0.478 e. The van der Waals surface area contributed by atoms with E-state index in [-0.39, 0.29) is 34.1 Å². The number of nitrogen functional groups attached to an aromatic ring is 1. The van der Waals surface area contributed by atoms with Gasteiger partial charge < -0.3 is 30.0 Å². The quantitative estimate of drug-likeness (QED) is 0.220. The van der Waals surface area contributed by atoms with Crippen molar-refractivity contribution in [2.75, 3.05) is 25.4 Å². The van der Waals surface area contributed by atoms with E-state index in [1.807, 2.05) is 18.2 Å². The van der Waals surface area contributed by atoms with Gasteiger partial charge in [-0.3, -0.25) is 0 Å². The van der Waals surface area contributed by atoms with Crippen LogP contribution in [0.4, 0.5) is 10.5 Å². The summed E-state index contributed by atoms with van der Waals surface area (Å²) in [5.41, 5.74) is 6.22. The Kier molecular flexibility index (Phi) is 11.1. The van der Waals surface area contributed by atoms with Gasteiger partial charge in [-0.2, -0.15) is 0 Å². The van der Waals surface area contributed by atoms with Crippen molar-refractivity contribution in [3.63, 3.8) is 0 Å². The van der Waals surface area contributed by atoms with E-state index in [1.165, 1.54) is 24.3 Å². The van der Waals surface area contributed by atoms with Crippen molar-refractivity contribution in [1.82, 2.24) is 4.90 Å². The third-order valence-corrected chi connectivity index (χ3v) is 9.18. The molecular formula is C33H39ClN2O8S. The van der Waals surface area contributed by atoms with E-state index in [1.54, 1.807) is 43.9 Å². The molecule has 0 aliphatic carbocycles. The topological polar surface area (TPSA) is 145 Å². The predicted octanol–water partition coefficient (Wildman–Crippen LogP) is 6.52. The fourth-order valence-electron chi connectivity index (χ4n) is 4.84. The molecule has 0 bridgehead atoms. The predicted molar refractivity (Wildman–Crippen MR) is 170 cm³/mol. The molecule has 2 atom stereocenters. The maximum Gasteiger partial charge on any atom is 0.410 e. The summed E-state index contributed by atoms with van der Waals surface area (Å²) >= 11 is 6.30. The average molecular weight is 659 g/mol. The van der Waals surface area contributed by atoms with Crippen LogP contribution in [0.2, 0.25) is 5.02 Å². The Bertz CT molecular complexity index is 1600. The molecule has 12 heteroatoms. The van der Waals surface area contributed by atoms with Crippen LogP contribution in [0.5, 0.6) is 0 Å². The molecule has 0 radical (unpaired) electrons. The van der Waals surface area contributed by atoms with E-state index in [4.69, 9.17) is 31.5 Å². The molecule has 1 heterocycles. The third-order valence-electron chi connectivity index (χ3n) is 7.18. The second kappa shape index (κ2) is 14.6. The van der Waals surface area contributed by atoms with Gasteiger partial charge in [-0.25, -0.2) is 18.0 Å². The van der Waals surface area contributed by atoms with E-state index in [9.17, 15) is 23.1 Å². The van der Waals surface area contributed by atoms with Gasteiger partial charge in [0.05, 0.1) is 21.9 Å². The Morgan fingerprint density at radius 2 is 1.78 bits per heavy atom. The zero-order valence-corrected chi connectivity index (χ0v) is 27.1. The van der Waals surface area contributed by atoms with Crippen molar-refractivity contribution in [3.8, 4) is 0 Å². The van der Waals surface area contributed by atoms with Crippen LogP contribution in [-0.4, -0.2) is 62.1 Å². The number of aromatic carboxylic acids is 1. The van der Waals surface area contributed by atoms with Gasteiger partial charge in [-0.05, 0) is 100 Å². The van der Waals surface area contributed by atoms with Crippen LogP contribution < -0.4 is 5.73 Å². The molecule has 1 aliphatic heterocycles. The summed E-state index contributed by atoms with van der Waals surface area (Å²) in [4.78, 5) is 26.3. The van der Waals surface area contributed by atoms with Crippen LogP contribution in [-0.2, 0) is 30.5 Å². The second-order valence-electron chi connectivity index (χ2n) is 11.9. The third kappa shape index (κ3) is 9.43. The molecule has 0 saturated carbocycles. The van der Waals surface area contributed by atoms with Gasteiger partial charge in [-0.15, -0.1) is 0 Å². The van der Waals surface area contributed by atoms with Gasteiger partial charge in [0.2, 0.25) is 9.84 Å². The van der Waals surface area contributed by atoms with Gasteiger partial charge >= 0.3 is 12.1 Å². The molecule has 3 N–H and O–H groups in total. The molecule has 1 unspecified atom stereocenters. The lowest BCUT2D eigenvalue weighted by atomic mass is 10.1. The summed E-state index contributed by atoms with van der Waals surface area (Å²) in [5, 5.41) is 9.89. The Morgan fingerprint density at radius 3 is 2.40 bits per heavy atom. The number of sulfone groups is 1. The molecule has 1 amide bonds. The maximum absolute atomic E-state index is 13.4. The molecule has 4 rings (SSSR count). The number of anilines is 1. The van der Waals surface area contributed by atoms with Crippen molar-refractivity contribution >= 4 is 39.2 Å². The first-order valence-corrected chi connectivity index (χ1v) is 16.6. The number of carboxylic acids is 1. The van der Waals surface area contributed by atoms with E-state index >= 15 is 0 Å². The lowest BCUT2D eigenvalue weighted by Gasteiger charge is -2.33. The van der Waals surface area contributed by atoms with Gasteiger partial charge in [0, 0.05) is 23.9 Å². The van der Waals surface area contributed by atoms with Crippen LogP contribution in [0.15, 0.2) is 76.5 Å². The molecule has 3 aromatic rings. The Hall–Kier alpha value is -3.64. The number of nitrogens with zero attached hydrogens (tertiary/aromatic N) is 1. The van der Waals surface area contributed by atoms with E-state index in [0.717, 1.165) is 36.5 Å². The van der Waals surface area contributed by atoms with Gasteiger partial charge in [0.1, 0.15) is 11.7 Å². The SMILES string of the molecule is CC(C)(C)OC(=O)N(CCc1ccc(S(=O)(=O)c2ccc(N)c(C(=O)O)c2)cc1)C[C@H](OC1CCCCO1)c1cccc(Cl)c1. The van der Waals surface area contributed by atoms with Crippen LogP contribution in [0.3, 0.4) is 0 Å². The smallest absolute Gasteiger partial charge is 0.410 e. The molecule has 0 aromatic heterocycles. The minimum absolute atomic E-state index is 0.00161. The van der Waals surface area contributed by atoms with E-state index < -0.39 is 39.9 Å². The minimum atomic E-state index is -4.00. The lowest BCUT2D eigenvalue weighted by Crippen LogP contribution is -2.41. The van der Waals surface area contributed by atoms with Crippen molar-refractivity contribution in [2.45, 2.75) is 74.2 Å². The highest BCUT2D eigenvalue weighted by atomic mass is 35.5. The van der Waals surface area contributed by atoms with E-state index in [2.05, 4.69) is 0 Å². The summed E-state index contributed by atoms with van der Waals surface area (Å²) in [6, 6.07) is 17.1. The number of amides is 1. The summed E-state index contributed by atoms with van der Waals surface area (Å²) in [7, 11) is -4.00. The highest BCUT2D eigenvalue weighted by molar-refractivity contribution is 7.91. The number of nitrogens with two attached hydrogens (primary N) is 1. The first kappa shape index (κ1) is 34.2. The van der Waals surface area contributed by atoms with Crippen LogP contribution in [0, 0.1) is 0 Å². The number of halogens is 1. The Morgan fingerprint density at radius 1 is 1.07 bits per heavy atom. The first-order chi connectivity index (χ1) is 21.2. The van der Waals surface area contributed by atoms with Gasteiger partial charge in [0.15, 0.2) is 6.29 Å². The number of carbonyl (C=O) groups excluding carboxylic acids is 1. The maximum atomic E-state index is 13.4. The Balaban J connectivity index is 1.54. The zero-order chi connectivity index (χ0) is 32.8. The van der Waals surface area contributed by atoms with Crippen LogP contribution in [0.25, 0.3) is 0 Å². The number of ether oxygens (including phenoxy) is 3. The number of carboxylic acid groups (broad SMARTS) is 1. The molecule has 3 aromatic carbocycles. The highest BCUT2D eigenvalue weighted by Gasteiger charge is 2.29. The Labute approximate surface area is 269 Å². The molecule has 1 fully saturated rings. The summed E-state index contributed by atoms with van der Waals surface area (Å²) in [5.74, 6) is -1.32. The van der Waals surface area contributed by atoms with Crippen molar-refractivity contribution < 1.29 is 37.3 Å². The molecule has 10 nitrogen and oxygen atoms in total. The normalized spacial score (nSPS) is 16.1. The fourth-order valence-corrected chi connectivity index (χ4v) is 6.33. The number of hydrogen-bond acceptors (Lipinski definition) is 8. The molecule has 45 heavy (non-hydrogen) atoms. The fraction of sp³-hybridized carbons (Fsp3) is 0.394. The van der Waals surface area contributed by atoms with Crippen LogP contribution >= 0.6 is 11.6 Å². The molecule has 242 valence electrons. The summed E-state index contributed by atoms with van der Waals surface area (Å²) in [6.07, 6.45) is 1.62. The number of carbonyl (C=O) groups is 2. The molecule has 0 spiro atoms. The van der Waals surface area contributed by atoms with Gasteiger partial charge in [0.25, 0.3) is 0 Å². The second-order valence-corrected chi connectivity index (χ2v) is 14.2. The average Bonchev–Trinajstić information content (AvgIpc) is 2.98. The first-order valence-electron chi connectivity index (χ1n) is 14.7. The number of hydrogen-bond donors (Lipinski definition) is 2. The highest BCUT2D eigenvalue weighted by Crippen LogP contribution is 2.28.